The van der Waals surface area contributed by atoms with Gasteiger partial charge in [0.05, 0.1) is 0 Å². The van der Waals surface area contributed by atoms with Crippen LogP contribution in [0.2, 0.25) is 0 Å². The van der Waals surface area contributed by atoms with Crippen LogP contribution < -0.4 is 0 Å². The molecule has 0 aromatic rings. The zero-order valence-electron chi connectivity index (χ0n) is 17.4. The topological polar surface area (TPSA) is 89.9 Å². The summed E-state index contributed by atoms with van der Waals surface area (Å²) in [4.78, 5) is 32.9. The number of carbonyl (C=O) groups is 3. The first-order valence-corrected chi connectivity index (χ1v) is 8.63. The van der Waals surface area contributed by atoms with Crippen LogP contribution in [0.1, 0.15) is 74.0 Å². The van der Waals surface area contributed by atoms with Gasteiger partial charge in [0.2, 0.25) is 0 Å². The average Bonchev–Trinajstić information content (AvgIpc) is 2.52. The molecule has 6 nitrogen and oxygen atoms in total. The molecule has 142 valence electrons. The summed E-state index contributed by atoms with van der Waals surface area (Å²) in [6, 6.07) is 0. The van der Waals surface area contributed by atoms with Crippen LogP contribution in [0.5, 0.6) is 0 Å². The molecule has 25 heavy (non-hydrogen) atoms. The van der Waals surface area contributed by atoms with Crippen LogP contribution in [-0.4, -0.2) is 59.3 Å². The van der Waals surface area contributed by atoms with Gasteiger partial charge in [-0.15, -0.1) is 0 Å². The van der Waals surface area contributed by atoms with E-state index >= 15 is 0 Å². The molecular formula is C18H32MgO6. The fourth-order valence-corrected chi connectivity index (χ4v) is 2.09. The van der Waals surface area contributed by atoms with Gasteiger partial charge in [0.25, 0.3) is 0 Å². The van der Waals surface area contributed by atoms with E-state index in [-0.39, 0.29) is 51.5 Å². The number of rotatable bonds is 15. The molecule has 0 amide bonds. The van der Waals surface area contributed by atoms with E-state index in [1.165, 1.54) is 0 Å². The molecule has 0 rings (SSSR count). The maximum absolute atomic E-state index is 11.5. The van der Waals surface area contributed by atoms with Crippen LogP contribution in [0.3, 0.4) is 0 Å². The Balaban J connectivity index is -0.000000882. The maximum Gasteiger partial charge on any atom is 2.00 e. The SMILES string of the molecule is C=C(C)C(=O)OCCOC(=O)CCCCCCCCCCC(=O)O.[H-].[H-].[Mg+2]. The van der Waals surface area contributed by atoms with E-state index in [0.717, 1.165) is 51.4 Å². The van der Waals surface area contributed by atoms with Gasteiger partial charge in [-0.25, -0.2) is 4.79 Å². The zero-order valence-corrected chi connectivity index (χ0v) is 16.8. The molecule has 0 radical (unpaired) electrons. The number of carboxylic acid groups (broad SMARTS) is 1. The second kappa shape index (κ2) is 17.7. The molecule has 0 aromatic carbocycles. The first-order chi connectivity index (χ1) is 11.4. The first-order valence-electron chi connectivity index (χ1n) is 8.63. The minimum Gasteiger partial charge on any atom is -1.00 e. The Hall–Kier alpha value is -1.08. The molecule has 0 unspecified atom stereocenters. The van der Waals surface area contributed by atoms with Gasteiger partial charge in [0, 0.05) is 18.4 Å². The van der Waals surface area contributed by atoms with E-state index in [4.69, 9.17) is 14.6 Å². The van der Waals surface area contributed by atoms with Gasteiger partial charge < -0.3 is 17.4 Å². The molecule has 0 saturated heterocycles. The molecule has 0 aliphatic heterocycles. The van der Waals surface area contributed by atoms with E-state index in [9.17, 15) is 14.4 Å². The normalized spacial score (nSPS) is 9.80. The van der Waals surface area contributed by atoms with Crippen molar-refractivity contribution in [3.8, 4) is 0 Å². The molecule has 0 aliphatic carbocycles. The Kier molecular flexibility index (Phi) is 18.5. The fourth-order valence-electron chi connectivity index (χ4n) is 2.09. The zero-order chi connectivity index (χ0) is 18.2. The molecular weight excluding hydrogens is 336 g/mol. The monoisotopic (exact) mass is 368 g/mol. The largest absolute Gasteiger partial charge is 2.00 e. The standard InChI is InChI=1S/C18H30O6.Mg.2H/c1-15(2)18(22)24-14-13-23-17(21)12-10-8-6-4-3-5-7-9-11-16(19)20;;;/h1,3-14H2,2H3,(H,19,20);;;/q;+2;2*-1. The minimum atomic E-state index is -0.726. The van der Waals surface area contributed by atoms with Gasteiger partial charge in [0.1, 0.15) is 13.2 Å². The summed E-state index contributed by atoms with van der Waals surface area (Å²) in [7, 11) is 0. The molecule has 0 atom stereocenters. The summed E-state index contributed by atoms with van der Waals surface area (Å²) in [5, 5.41) is 8.51. The van der Waals surface area contributed by atoms with Crippen molar-refractivity contribution >= 4 is 41.0 Å². The summed E-state index contributed by atoms with van der Waals surface area (Å²) in [5.41, 5.74) is 0.322. The van der Waals surface area contributed by atoms with Crippen LogP contribution in [-0.2, 0) is 23.9 Å². The Morgan fingerprint density at radius 1 is 0.840 bits per heavy atom. The number of esters is 2. The van der Waals surface area contributed by atoms with E-state index in [1.807, 2.05) is 0 Å². The summed E-state index contributed by atoms with van der Waals surface area (Å²) < 4.78 is 9.79. The third-order valence-corrected chi connectivity index (χ3v) is 3.45. The number of carbonyl (C=O) groups excluding carboxylic acids is 2. The Labute approximate surface area is 169 Å². The Morgan fingerprint density at radius 2 is 1.28 bits per heavy atom. The first kappa shape index (κ1) is 26.1. The molecule has 0 heterocycles. The van der Waals surface area contributed by atoms with E-state index in [0.29, 0.717) is 12.0 Å². The quantitative estimate of drug-likeness (QED) is 0.206. The molecule has 0 fully saturated rings. The predicted molar refractivity (Wildman–Crippen MR) is 98.5 cm³/mol. The Morgan fingerprint density at radius 3 is 1.76 bits per heavy atom. The van der Waals surface area contributed by atoms with E-state index < -0.39 is 11.9 Å². The van der Waals surface area contributed by atoms with Crippen molar-refractivity contribution in [2.45, 2.75) is 71.1 Å². The van der Waals surface area contributed by atoms with Crippen molar-refractivity contribution in [3.05, 3.63) is 12.2 Å². The van der Waals surface area contributed by atoms with Crippen molar-refractivity contribution in [3.63, 3.8) is 0 Å². The van der Waals surface area contributed by atoms with Gasteiger partial charge in [-0.2, -0.15) is 0 Å². The van der Waals surface area contributed by atoms with Gasteiger partial charge in [-0.1, -0.05) is 45.1 Å². The Bertz CT molecular complexity index is 419. The number of ether oxygens (including phenoxy) is 2. The van der Waals surface area contributed by atoms with Crippen molar-refractivity contribution in [1.29, 1.82) is 0 Å². The van der Waals surface area contributed by atoms with E-state index in [1.54, 1.807) is 6.92 Å². The van der Waals surface area contributed by atoms with Crippen molar-refractivity contribution in [2.75, 3.05) is 13.2 Å². The van der Waals surface area contributed by atoms with Crippen molar-refractivity contribution in [1.82, 2.24) is 0 Å². The number of unbranched alkanes of at least 4 members (excludes halogenated alkanes) is 7. The van der Waals surface area contributed by atoms with Crippen LogP contribution >= 0.6 is 0 Å². The second-order valence-electron chi connectivity index (χ2n) is 5.86. The smallest absolute Gasteiger partial charge is 1.00 e. The number of carboxylic acids is 1. The summed E-state index contributed by atoms with van der Waals surface area (Å²) in [6.45, 7) is 5.15. The molecule has 0 aromatic heterocycles. The van der Waals surface area contributed by atoms with Gasteiger partial charge in [0.15, 0.2) is 0 Å². The third-order valence-electron chi connectivity index (χ3n) is 3.45. The number of hydrogen-bond acceptors (Lipinski definition) is 5. The number of hydrogen-bond donors (Lipinski definition) is 1. The summed E-state index contributed by atoms with van der Waals surface area (Å²) >= 11 is 0. The number of aliphatic carboxylic acids is 1. The molecule has 1 N–H and O–H groups in total. The average molecular weight is 369 g/mol. The molecule has 0 saturated carbocycles. The predicted octanol–water partition coefficient (Wildman–Crippen LogP) is 3.48. The molecule has 0 aliphatic rings. The van der Waals surface area contributed by atoms with Gasteiger partial charge in [-0.05, 0) is 19.8 Å². The summed E-state index contributed by atoms with van der Waals surface area (Å²) in [6.07, 6.45) is 8.50. The van der Waals surface area contributed by atoms with Crippen LogP contribution in [0.15, 0.2) is 12.2 Å². The van der Waals surface area contributed by atoms with E-state index in [2.05, 4.69) is 6.58 Å². The molecule has 0 bridgehead atoms. The van der Waals surface area contributed by atoms with Crippen LogP contribution in [0.25, 0.3) is 0 Å². The molecule has 7 heteroatoms. The fraction of sp³-hybridized carbons (Fsp3) is 0.722. The molecule has 0 spiro atoms. The van der Waals surface area contributed by atoms with Crippen molar-refractivity contribution < 1.29 is 31.8 Å². The maximum atomic E-state index is 11.5. The second-order valence-corrected chi connectivity index (χ2v) is 5.86. The summed E-state index contributed by atoms with van der Waals surface area (Å²) in [5.74, 6) is -1.47. The third kappa shape index (κ3) is 19.1. The van der Waals surface area contributed by atoms with Gasteiger partial charge in [-0.3, -0.25) is 9.59 Å². The van der Waals surface area contributed by atoms with Gasteiger partial charge >= 0.3 is 41.0 Å². The van der Waals surface area contributed by atoms with Crippen LogP contribution in [0.4, 0.5) is 0 Å². The van der Waals surface area contributed by atoms with Crippen molar-refractivity contribution in [2.24, 2.45) is 0 Å². The minimum absolute atomic E-state index is 0. The van der Waals surface area contributed by atoms with Crippen LogP contribution in [0, 0.1) is 0 Å².